The van der Waals surface area contributed by atoms with Gasteiger partial charge in [0, 0.05) is 39.3 Å². The van der Waals surface area contributed by atoms with Gasteiger partial charge in [0.1, 0.15) is 0 Å². The first kappa shape index (κ1) is 18.4. The Morgan fingerprint density at radius 2 is 1.68 bits per heavy atom. The summed E-state index contributed by atoms with van der Waals surface area (Å²) in [6, 6.07) is -1.24. The fraction of sp³-hybridized carbons (Fsp3) is 0.786. The predicted octanol–water partition coefficient (Wildman–Crippen LogP) is -0.944. The Morgan fingerprint density at radius 3 is 2.14 bits per heavy atom. The number of rotatable bonds is 6. The Kier molecular flexibility index (Phi) is 7.26. The second-order valence-corrected chi connectivity index (χ2v) is 5.41. The van der Waals surface area contributed by atoms with Crippen LogP contribution in [0, 0.1) is 0 Å². The standard InChI is InChI=1S/C14H27N5O3/c1-4-18(5-2)12(20)10-17-6-8-19(9-7-17)11(3)13(21)16-14(15)22/h11H,4-10H2,1-3H3,(H3,15,16,21,22). The molecule has 1 heterocycles. The first-order valence-electron chi connectivity index (χ1n) is 7.73. The van der Waals surface area contributed by atoms with Crippen LogP contribution in [0.3, 0.4) is 0 Å². The molecular weight excluding hydrogens is 286 g/mol. The Bertz CT molecular complexity index is 403. The molecule has 3 N–H and O–H groups in total. The number of hydrogen-bond donors (Lipinski definition) is 2. The smallest absolute Gasteiger partial charge is 0.318 e. The van der Waals surface area contributed by atoms with Crippen molar-refractivity contribution in [3.8, 4) is 0 Å². The molecule has 0 aromatic carbocycles. The van der Waals surface area contributed by atoms with Crippen molar-refractivity contribution in [2.75, 3.05) is 45.8 Å². The lowest BCUT2D eigenvalue weighted by molar-refractivity contribution is -0.133. The van der Waals surface area contributed by atoms with Gasteiger partial charge in [-0.15, -0.1) is 0 Å². The fourth-order valence-corrected chi connectivity index (χ4v) is 2.57. The minimum Gasteiger partial charge on any atom is -0.351 e. The van der Waals surface area contributed by atoms with Gasteiger partial charge >= 0.3 is 6.03 Å². The highest BCUT2D eigenvalue weighted by atomic mass is 16.2. The Labute approximate surface area is 131 Å². The summed E-state index contributed by atoms with van der Waals surface area (Å²) in [5, 5.41) is 2.10. The predicted molar refractivity (Wildman–Crippen MR) is 83.1 cm³/mol. The number of nitrogens with one attached hydrogen (secondary N) is 1. The van der Waals surface area contributed by atoms with Gasteiger partial charge in [0.2, 0.25) is 11.8 Å². The summed E-state index contributed by atoms with van der Waals surface area (Å²) in [6.45, 7) is 10.3. The van der Waals surface area contributed by atoms with Crippen molar-refractivity contribution in [1.82, 2.24) is 20.0 Å². The van der Waals surface area contributed by atoms with Crippen LogP contribution < -0.4 is 11.1 Å². The molecule has 0 spiro atoms. The number of primary amides is 1. The number of nitrogens with zero attached hydrogens (tertiary/aromatic N) is 3. The number of carbonyl (C=O) groups excluding carboxylic acids is 3. The summed E-state index contributed by atoms with van der Waals surface area (Å²) in [6.07, 6.45) is 0. The summed E-state index contributed by atoms with van der Waals surface area (Å²) in [7, 11) is 0. The van der Waals surface area contributed by atoms with Crippen molar-refractivity contribution >= 4 is 17.8 Å². The van der Waals surface area contributed by atoms with E-state index in [4.69, 9.17) is 5.73 Å². The van der Waals surface area contributed by atoms with Gasteiger partial charge in [-0.25, -0.2) is 4.79 Å². The first-order chi connectivity index (χ1) is 10.4. The van der Waals surface area contributed by atoms with E-state index in [0.717, 1.165) is 26.2 Å². The molecule has 1 rings (SSSR count). The number of piperazine rings is 1. The molecule has 0 aliphatic carbocycles. The first-order valence-corrected chi connectivity index (χ1v) is 7.73. The number of amides is 4. The minimum atomic E-state index is -0.833. The molecule has 22 heavy (non-hydrogen) atoms. The minimum absolute atomic E-state index is 0.137. The van der Waals surface area contributed by atoms with Crippen molar-refractivity contribution in [2.45, 2.75) is 26.8 Å². The Hall–Kier alpha value is -1.67. The third-order valence-corrected chi connectivity index (χ3v) is 4.06. The molecule has 1 fully saturated rings. The molecule has 0 saturated carbocycles. The molecule has 1 aliphatic heterocycles. The summed E-state index contributed by atoms with van der Waals surface area (Å²) < 4.78 is 0. The van der Waals surface area contributed by atoms with E-state index in [0.29, 0.717) is 19.6 Å². The highest BCUT2D eigenvalue weighted by Crippen LogP contribution is 2.07. The van der Waals surface area contributed by atoms with E-state index < -0.39 is 12.1 Å². The number of likely N-dealkylation sites (N-methyl/N-ethyl adjacent to an activating group) is 1. The van der Waals surface area contributed by atoms with Gasteiger partial charge in [-0.05, 0) is 20.8 Å². The maximum Gasteiger partial charge on any atom is 0.318 e. The zero-order valence-electron chi connectivity index (χ0n) is 13.7. The number of hydrogen-bond acceptors (Lipinski definition) is 5. The van der Waals surface area contributed by atoms with E-state index in [1.165, 1.54) is 0 Å². The molecule has 0 bridgehead atoms. The van der Waals surface area contributed by atoms with Crippen LogP contribution in [0.4, 0.5) is 4.79 Å². The van der Waals surface area contributed by atoms with Crippen molar-refractivity contribution in [1.29, 1.82) is 0 Å². The van der Waals surface area contributed by atoms with Crippen molar-refractivity contribution in [3.63, 3.8) is 0 Å². The van der Waals surface area contributed by atoms with E-state index in [-0.39, 0.29) is 11.8 Å². The fourth-order valence-electron chi connectivity index (χ4n) is 2.57. The molecule has 8 nitrogen and oxygen atoms in total. The average Bonchev–Trinajstić information content (AvgIpc) is 2.47. The molecule has 0 aromatic rings. The van der Waals surface area contributed by atoms with Crippen molar-refractivity contribution in [3.05, 3.63) is 0 Å². The quantitative estimate of drug-likeness (QED) is 0.659. The highest BCUT2D eigenvalue weighted by molar-refractivity contribution is 5.96. The van der Waals surface area contributed by atoms with Gasteiger partial charge in [-0.2, -0.15) is 0 Å². The van der Waals surface area contributed by atoms with Crippen molar-refractivity contribution in [2.24, 2.45) is 5.73 Å². The summed E-state index contributed by atoms with van der Waals surface area (Å²) in [5.41, 5.74) is 4.95. The summed E-state index contributed by atoms with van der Waals surface area (Å²) in [5.74, 6) is -0.252. The van der Waals surface area contributed by atoms with Gasteiger partial charge in [0.15, 0.2) is 0 Å². The molecular formula is C14H27N5O3. The van der Waals surface area contributed by atoms with Crippen LogP contribution >= 0.6 is 0 Å². The molecule has 1 aliphatic rings. The van der Waals surface area contributed by atoms with E-state index in [1.807, 2.05) is 23.6 Å². The lowest BCUT2D eigenvalue weighted by Gasteiger charge is -2.37. The molecule has 0 aromatic heterocycles. The monoisotopic (exact) mass is 313 g/mol. The van der Waals surface area contributed by atoms with Crippen LogP contribution in [0.15, 0.2) is 0 Å². The zero-order chi connectivity index (χ0) is 16.7. The summed E-state index contributed by atoms with van der Waals surface area (Å²) >= 11 is 0. The van der Waals surface area contributed by atoms with E-state index in [2.05, 4.69) is 10.2 Å². The average molecular weight is 313 g/mol. The second kappa shape index (κ2) is 8.70. The van der Waals surface area contributed by atoms with Gasteiger partial charge < -0.3 is 10.6 Å². The van der Waals surface area contributed by atoms with Crippen LogP contribution in [-0.2, 0) is 9.59 Å². The topological polar surface area (TPSA) is 99.0 Å². The molecule has 126 valence electrons. The SMILES string of the molecule is CCN(CC)C(=O)CN1CCN(C(C)C(=O)NC(N)=O)CC1. The van der Waals surface area contributed by atoms with E-state index in [1.54, 1.807) is 6.92 Å². The Morgan fingerprint density at radius 1 is 1.14 bits per heavy atom. The zero-order valence-corrected chi connectivity index (χ0v) is 13.7. The lowest BCUT2D eigenvalue weighted by Crippen LogP contribution is -2.56. The van der Waals surface area contributed by atoms with Crippen LogP contribution in [0.1, 0.15) is 20.8 Å². The molecule has 1 saturated heterocycles. The van der Waals surface area contributed by atoms with Crippen LogP contribution in [-0.4, -0.2) is 84.4 Å². The second-order valence-electron chi connectivity index (χ2n) is 5.41. The molecule has 1 unspecified atom stereocenters. The number of nitrogens with two attached hydrogens (primary N) is 1. The van der Waals surface area contributed by atoms with Crippen LogP contribution in [0.25, 0.3) is 0 Å². The third-order valence-electron chi connectivity index (χ3n) is 4.06. The largest absolute Gasteiger partial charge is 0.351 e. The highest BCUT2D eigenvalue weighted by Gasteiger charge is 2.27. The van der Waals surface area contributed by atoms with Gasteiger partial charge in [0.25, 0.3) is 0 Å². The summed E-state index contributed by atoms with van der Waals surface area (Å²) in [4.78, 5) is 40.4. The van der Waals surface area contributed by atoms with E-state index >= 15 is 0 Å². The number of urea groups is 1. The van der Waals surface area contributed by atoms with Gasteiger partial charge in [0.05, 0.1) is 12.6 Å². The molecule has 4 amide bonds. The number of carbonyl (C=O) groups is 3. The van der Waals surface area contributed by atoms with E-state index in [9.17, 15) is 14.4 Å². The van der Waals surface area contributed by atoms with Gasteiger partial charge in [-0.1, -0.05) is 0 Å². The molecule has 0 radical (unpaired) electrons. The molecule has 8 heteroatoms. The van der Waals surface area contributed by atoms with Crippen LogP contribution in [0.5, 0.6) is 0 Å². The lowest BCUT2D eigenvalue weighted by atomic mass is 10.2. The number of imide groups is 1. The third kappa shape index (κ3) is 5.27. The van der Waals surface area contributed by atoms with Crippen LogP contribution in [0.2, 0.25) is 0 Å². The maximum atomic E-state index is 12.1. The maximum absolute atomic E-state index is 12.1. The van der Waals surface area contributed by atoms with Crippen molar-refractivity contribution < 1.29 is 14.4 Å². The normalized spacial score (nSPS) is 17.8. The molecule has 1 atom stereocenters. The van der Waals surface area contributed by atoms with Gasteiger partial charge in [-0.3, -0.25) is 24.7 Å². The Balaban J connectivity index is 2.41.